The van der Waals surface area contributed by atoms with Gasteiger partial charge in [-0.3, -0.25) is 4.79 Å². The minimum absolute atomic E-state index is 0.0478. The molecule has 2 aromatic carbocycles. The zero-order valence-electron chi connectivity index (χ0n) is 14.7. The average Bonchev–Trinajstić information content (AvgIpc) is 2.61. The number of anilines is 1. The van der Waals surface area contributed by atoms with E-state index >= 15 is 0 Å². The molecule has 26 heavy (non-hydrogen) atoms. The van der Waals surface area contributed by atoms with Crippen LogP contribution in [0.3, 0.4) is 0 Å². The number of rotatable bonds is 5. The molecule has 2 N–H and O–H groups in total. The molecule has 0 aromatic heterocycles. The number of aryl methyl sites for hydroxylation is 2. The summed E-state index contributed by atoms with van der Waals surface area (Å²) in [5.74, 6) is -1.52. The van der Waals surface area contributed by atoms with Crippen molar-refractivity contribution in [3.05, 3.63) is 64.2 Å². The molecule has 0 radical (unpaired) electrons. The zero-order valence-corrected chi connectivity index (χ0v) is 14.7. The van der Waals surface area contributed by atoms with Gasteiger partial charge in [-0.05, 0) is 49.2 Å². The van der Waals surface area contributed by atoms with Crippen LogP contribution >= 0.6 is 0 Å². The van der Waals surface area contributed by atoms with E-state index in [9.17, 15) is 20.0 Å². The van der Waals surface area contributed by atoms with E-state index in [0.29, 0.717) is 11.3 Å². The Morgan fingerprint density at radius 1 is 1.19 bits per heavy atom. The fraction of sp³-hybridized carbons (Fsp3) is 0.150. The molecule has 0 spiro atoms. The van der Waals surface area contributed by atoms with E-state index in [4.69, 9.17) is 4.74 Å². The Kier molecular flexibility index (Phi) is 5.76. The molecule has 132 valence electrons. The van der Waals surface area contributed by atoms with Crippen LogP contribution in [0.25, 0.3) is 6.08 Å². The number of hydrogen-bond donors (Lipinski definition) is 2. The second kappa shape index (κ2) is 7.99. The number of benzene rings is 2. The predicted octanol–water partition coefficient (Wildman–Crippen LogP) is 3.56. The van der Waals surface area contributed by atoms with Gasteiger partial charge in [-0.15, -0.1) is 0 Å². The molecule has 0 unspecified atom stereocenters. The van der Waals surface area contributed by atoms with Crippen molar-refractivity contribution in [2.75, 3.05) is 12.4 Å². The van der Waals surface area contributed by atoms with Crippen molar-refractivity contribution in [3.8, 4) is 11.8 Å². The summed E-state index contributed by atoms with van der Waals surface area (Å²) < 4.78 is 5.00. The number of nitriles is 1. The van der Waals surface area contributed by atoms with E-state index in [1.165, 1.54) is 25.3 Å². The molecule has 6 heteroatoms. The van der Waals surface area contributed by atoms with E-state index < -0.39 is 11.9 Å². The third-order valence-corrected chi connectivity index (χ3v) is 3.76. The average molecular weight is 350 g/mol. The SMILES string of the molecule is COc1ccc(C=C(C#N)C(=O)Nc2ccc(C)cc2C)cc1C(=O)O. The number of carbonyl (C=O) groups excluding carboxylic acids is 1. The van der Waals surface area contributed by atoms with E-state index in [1.807, 2.05) is 32.0 Å². The number of carboxylic acids is 1. The van der Waals surface area contributed by atoms with Crippen molar-refractivity contribution >= 4 is 23.6 Å². The Morgan fingerprint density at radius 2 is 1.92 bits per heavy atom. The monoisotopic (exact) mass is 350 g/mol. The van der Waals surface area contributed by atoms with Crippen LogP contribution in [0, 0.1) is 25.2 Å². The lowest BCUT2D eigenvalue weighted by Gasteiger charge is -2.09. The van der Waals surface area contributed by atoms with Gasteiger partial charge in [0.25, 0.3) is 5.91 Å². The molecule has 2 aromatic rings. The summed E-state index contributed by atoms with van der Waals surface area (Å²) in [6, 6.07) is 11.8. The maximum absolute atomic E-state index is 12.4. The highest BCUT2D eigenvalue weighted by Crippen LogP contribution is 2.22. The first-order valence-electron chi connectivity index (χ1n) is 7.77. The molecule has 0 fully saturated rings. The van der Waals surface area contributed by atoms with Crippen LogP contribution in [-0.4, -0.2) is 24.1 Å². The molecule has 6 nitrogen and oxygen atoms in total. The smallest absolute Gasteiger partial charge is 0.339 e. The molecule has 0 heterocycles. The Balaban J connectivity index is 2.32. The first-order chi connectivity index (χ1) is 12.3. The number of ether oxygens (including phenoxy) is 1. The van der Waals surface area contributed by atoms with E-state index in [0.717, 1.165) is 11.1 Å². The quantitative estimate of drug-likeness (QED) is 0.634. The van der Waals surface area contributed by atoms with Gasteiger partial charge >= 0.3 is 5.97 Å². The number of nitrogens with zero attached hydrogens (tertiary/aromatic N) is 1. The van der Waals surface area contributed by atoms with Crippen LogP contribution in [0.15, 0.2) is 42.0 Å². The maximum atomic E-state index is 12.4. The van der Waals surface area contributed by atoms with Crippen molar-refractivity contribution in [1.82, 2.24) is 0 Å². The molecule has 0 bridgehead atoms. The fourth-order valence-corrected chi connectivity index (χ4v) is 2.44. The second-order valence-electron chi connectivity index (χ2n) is 5.71. The minimum Gasteiger partial charge on any atom is -0.496 e. The number of nitrogens with one attached hydrogen (secondary N) is 1. The van der Waals surface area contributed by atoms with Crippen LogP contribution in [-0.2, 0) is 4.79 Å². The number of carbonyl (C=O) groups is 2. The standard InChI is InChI=1S/C20H18N2O4/c1-12-4-6-17(13(2)8-12)22-19(23)15(11-21)9-14-5-7-18(26-3)16(10-14)20(24)25/h4-10H,1-3H3,(H,22,23)(H,24,25). The lowest BCUT2D eigenvalue weighted by Crippen LogP contribution is -2.14. The van der Waals surface area contributed by atoms with Crippen molar-refractivity contribution in [3.63, 3.8) is 0 Å². The highest BCUT2D eigenvalue weighted by Gasteiger charge is 2.14. The molecule has 0 saturated heterocycles. The predicted molar refractivity (Wildman–Crippen MR) is 98.1 cm³/mol. The third-order valence-electron chi connectivity index (χ3n) is 3.76. The van der Waals surface area contributed by atoms with Crippen molar-refractivity contribution in [2.45, 2.75) is 13.8 Å². The topological polar surface area (TPSA) is 99.4 Å². The third kappa shape index (κ3) is 4.28. The minimum atomic E-state index is -1.16. The first-order valence-corrected chi connectivity index (χ1v) is 7.77. The number of carboxylic acid groups (broad SMARTS) is 1. The van der Waals surface area contributed by atoms with Crippen molar-refractivity contribution in [1.29, 1.82) is 5.26 Å². The van der Waals surface area contributed by atoms with Gasteiger partial charge in [0.05, 0.1) is 7.11 Å². The Hall–Kier alpha value is -3.59. The first kappa shape index (κ1) is 18.7. The fourth-order valence-electron chi connectivity index (χ4n) is 2.44. The Morgan fingerprint density at radius 3 is 2.50 bits per heavy atom. The van der Waals surface area contributed by atoms with Gasteiger partial charge in [-0.2, -0.15) is 5.26 Å². The van der Waals surface area contributed by atoms with E-state index in [1.54, 1.807) is 12.1 Å². The van der Waals surface area contributed by atoms with Crippen LogP contribution in [0.4, 0.5) is 5.69 Å². The molecule has 0 aliphatic heterocycles. The summed E-state index contributed by atoms with van der Waals surface area (Å²) in [6.07, 6.45) is 1.34. The number of methoxy groups -OCH3 is 1. The summed E-state index contributed by atoms with van der Waals surface area (Å²) in [5, 5.41) is 21.2. The molecule has 0 saturated carbocycles. The summed E-state index contributed by atoms with van der Waals surface area (Å²) in [7, 11) is 1.37. The van der Waals surface area contributed by atoms with Gasteiger partial charge in [0.2, 0.25) is 0 Å². The summed E-state index contributed by atoms with van der Waals surface area (Å²) in [6.45, 7) is 3.81. The maximum Gasteiger partial charge on any atom is 0.339 e. The van der Waals surface area contributed by atoms with Gasteiger partial charge in [0.15, 0.2) is 0 Å². The number of amides is 1. The molecule has 0 atom stereocenters. The molecule has 0 aliphatic rings. The normalized spacial score (nSPS) is 10.8. The van der Waals surface area contributed by atoms with Crippen LogP contribution in [0.1, 0.15) is 27.0 Å². The van der Waals surface area contributed by atoms with Gasteiger partial charge < -0.3 is 15.2 Å². The number of hydrogen-bond acceptors (Lipinski definition) is 4. The van der Waals surface area contributed by atoms with Crippen LogP contribution < -0.4 is 10.1 Å². The molecular weight excluding hydrogens is 332 g/mol. The van der Waals surface area contributed by atoms with Crippen LogP contribution in [0.5, 0.6) is 5.75 Å². The van der Waals surface area contributed by atoms with E-state index in [-0.39, 0.29) is 16.9 Å². The zero-order chi connectivity index (χ0) is 19.3. The number of aromatic carboxylic acids is 1. The van der Waals surface area contributed by atoms with Crippen LogP contribution in [0.2, 0.25) is 0 Å². The van der Waals surface area contributed by atoms with Gasteiger partial charge in [-0.25, -0.2) is 4.79 Å². The summed E-state index contributed by atoms with van der Waals surface area (Å²) in [4.78, 5) is 23.7. The van der Waals surface area contributed by atoms with Gasteiger partial charge in [0, 0.05) is 5.69 Å². The summed E-state index contributed by atoms with van der Waals surface area (Å²) >= 11 is 0. The van der Waals surface area contributed by atoms with Crippen molar-refractivity contribution < 1.29 is 19.4 Å². The van der Waals surface area contributed by atoms with E-state index in [2.05, 4.69) is 5.32 Å². The molecule has 0 aliphatic carbocycles. The Labute approximate surface area is 151 Å². The Bertz CT molecular complexity index is 939. The second-order valence-corrected chi connectivity index (χ2v) is 5.71. The highest BCUT2D eigenvalue weighted by molar-refractivity contribution is 6.10. The highest BCUT2D eigenvalue weighted by atomic mass is 16.5. The summed E-state index contributed by atoms with van der Waals surface area (Å²) in [5.41, 5.74) is 2.79. The van der Waals surface area contributed by atoms with Gasteiger partial charge in [0.1, 0.15) is 23.0 Å². The molecule has 1 amide bonds. The van der Waals surface area contributed by atoms with Gasteiger partial charge in [-0.1, -0.05) is 23.8 Å². The van der Waals surface area contributed by atoms with Crippen molar-refractivity contribution in [2.24, 2.45) is 0 Å². The largest absolute Gasteiger partial charge is 0.496 e. The molecular formula is C20H18N2O4. The molecule has 2 rings (SSSR count). The lowest BCUT2D eigenvalue weighted by atomic mass is 10.1. The lowest BCUT2D eigenvalue weighted by molar-refractivity contribution is -0.112.